The van der Waals surface area contributed by atoms with Crippen molar-refractivity contribution in [1.82, 2.24) is 0 Å². The first-order valence-corrected chi connectivity index (χ1v) is 6.24. The van der Waals surface area contributed by atoms with E-state index < -0.39 is 37.3 Å². The molecule has 0 bridgehead atoms. The Balaban J connectivity index is 2.15. The summed E-state index contributed by atoms with van der Waals surface area (Å²) in [5, 5.41) is 47.4. The van der Waals surface area contributed by atoms with Crippen molar-refractivity contribution in [3.8, 4) is 5.75 Å². The van der Waals surface area contributed by atoms with Crippen LogP contribution in [-0.2, 0) is 11.3 Å². The fourth-order valence-corrected chi connectivity index (χ4v) is 2.04. The highest BCUT2D eigenvalue weighted by Crippen LogP contribution is 2.26. The van der Waals surface area contributed by atoms with Crippen LogP contribution in [0.1, 0.15) is 5.56 Å². The maximum Gasteiger partial charge on any atom is 0.229 e. The number of aliphatic hydroxyl groups excluding tert-OH is 5. The highest BCUT2D eigenvalue weighted by atomic mass is 16.7. The standard InChI is InChI=1S/C13H18O7/c14-5-7-3-1-2-4-8(7)19-13-12(18)11(17)10(16)9(6-15)20-13/h1-4,9-18H,5-6H2/t9-,10+,11-,12-,13+/m0/s1. The van der Waals surface area contributed by atoms with Crippen molar-refractivity contribution in [2.75, 3.05) is 6.61 Å². The molecule has 112 valence electrons. The number of rotatable bonds is 4. The van der Waals surface area contributed by atoms with Crippen molar-refractivity contribution in [3.05, 3.63) is 29.8 Å². The minimum Gasteiger partial charge on any atom is -0.462 e. The van der Waals surface area contributed by atoms with Crippen LogP contribution in [0.5, 0.6) is 5.75 Å². The Labute approximate surface area is 115 Å². The van der Waals surface area contributed by atoms with Gasteiger partial charge in [0.25, 0.3) is 0 Å². The minimum absolute atomic E-state index is 0.256. The molecule has 1 aromatic carbocycles. The maximum atomic E-state index is 9.84. The van der Waals surface area contributed by atoms with Gasteiger partial charge in [0.05, 0.1) is 13.2 Å². The van der Waals surface area contributed by atoms with Crippen LogP contribution in [0.25, 0.3) is 0 Å². The molecule has 1 aromatic rings. The molecule has 7 heteroatoms. The molecule has 1 heterocycles. The molecular weight excluding hydrogens is 268 g/mol. The van der Waals surface area contributed by atoms with Crippen molar-refractivity contribution >= 4 is 0 Å². The molecule has 1 fully saturated rings. The van der Waals surface area contributed by atoms with Gasteiger partial charge in [-0.2, -0.15) is 0 Å². The molecule has 1 aliphatic heterocycles. The van der Waals surface area contributed by atoms with Crippen molar-refractivity contribution in [1.29, 1.82) is 0 Å². The molecule has 7 nitrogen and oxygen atoms in total. The molecule has 0 spiro atoms. The Morgan fingerprint density at radius 2 is 1.70 bits per heavy atom. The number of aliphatic hydroxyl groups is 5. The lowest BCUT2D eigenvalue weighted by Gasteiger charge is -2.39. The smallest absolute Gasteiger partial charge is 0.229 e. The quantitative estimate of drug-likeness (QED) is 0.450. The van der Waals surface area contributed by atoms with E-state index >= 15 is 0 Å². The molecule has 1 aliphatic rings. The number of para-hydroxylation sites is 1. The van der Waals surface area contributed by atoms with Gasteiger partial charge in [0.1, 0.15) is 30.2 Å². The van der Waals surface area contributed by atoms with E-state index in [-0.39, 0.29) is 6.61 Å². The summed E-state index contributed by atoms with van der Waals surface area (Å²) in [6.07, 6.45) is -6.67. The zero-order valence-electron chi connectivity index (χ0n) is 10.7. The van der Waals surface area contributed by atoms with E-state index in [1.165, 1.54) is 0 Å². The van der Waals surface area contributed by atoms with Crippen LogP contribution in [0, 0.1) is 0 Å². The zero-order chi connectivity index (χ0) is 14.7. The molecule has 20 heavy (non-hydrogen) atoms. The van der Waals surface area contributed by atoms with Crippen LogP contribution in [-0.4, -0.2) is 62.8 Å². The number of benzene rings is 1. The first kappa shape index (κ1) is 15.2. The maximum absolute atomic E-state index is 9.84. The van der Waals surface area contributed by atoms with E-state index in [1.807, 2.05) is 0 Å². The molecular formula is C13H18O7. The zero-order valence-corrected chi connectivity index (χ0v) is 10.7. The molecule has 1 saturated heterocycles. The minimum atomic E-state index is -1.49. The topological polar surface area (TPSA) is 120 Å². The Morgan fingerprint density at radius 3 is 2.35 bits per heavy atom. The van der Waals surface area contributed by atoms with Gasteiger partial charge in [-0.15, -0.1) is 0 Å². The Hall–Kier alpha value is -1.22. The van der Waals surface area contributed by atoms with Gasteiger partial charge in [-0.05, 0) is 6.07 Å². The monoisotopic (exact) mass is 286 g/mol. The van der Waals surface area contributed by atoms with Gasteiger partial charge in [-0.3, -0.25) is 0 Å². The van der Waals surface area contributed by atoms with Gasteiger partial charge in [0.15, 0.2) is 0 Å². The summed E-state index contributed by atoms with van der Waals surface area (Å²) in [6.45, 7) is -0.778. The second-order valence-electron chi connectivity index (χ2n) is 4.58. The SMILES string of the molecule is OCc1ccccc1O[C@@H]1O[C@@H](CO)[C@@H](O)[C@H](O)[C@@H]1O. The van der Waals surface area contributed by atoms with Crippen LogP contribution in [0.2, 0.25) is 0 Å². The van der Waals surface area contributed by atoms with Crippen molar-refractivity contribution < 1.29 is 35.0 Å². The summed E-state index contributed by atoms with van der Waals surface area (Å²) < 4.78 is 10.6. The third-order valence-electron chi connectivity index (χ3n) is 3.23. The third-order valence-corrected chi connectivity index (χ3v) is 3.23. The van der Waals surface area contributed by atoms with Crippen LogP contribution in [0.15, 0.2) is 24.3 Å². The van der Waals surface area contributed by atoms with Crippen molar-refractivity contribution in [2.45, 2.75) is 37.3 Å². The van der Waals surface area contributed by atoms with E-state index in [9.17, 15) is 20.4 Å². The van der Waals surface area contributed by atoms with Crippen LogP contribution < -0.4 is 4.74 Å². The molecule has 0 radical (unpaired) electrons. The first-order valence-electron chi connectivity index (χ1n) is 6.24. The van der Waals surface area contributed by atoms with Gasteiger partial charge >= 0.3 is 0 Å². The summed E-state index contributed by atoms with van der Waals surface area (Å²) in [6, 6.07) is 6.61. The Kier molecular flexibility index (Phi) is 4.92. The lowest BCUT2D eigenvalue weighted by Crippen LogP contribution is -2.60. The van der Waals surface area contributed by atoms with E-state index in [0.717, 1.165) is 0 Å². The van der Waals surface area contributed by atoms with Crippen LogP contribution in [0.4, 0.5) is 0 Å². The van der Waals surface area contributed by atoms with E-state index in [1.54, 1.807) is 24.3 Å². The molecule has 2 rings (SSSR count). The molecule has 5 atom stereocenters. The van der Waals surface area contributed by atoms with Gasteiger partial charge < -0.3 is 35.0 Å². The molecule has 5 N–H and O–H groups in total. The first-order chi connectivity index (χ1) is 9.58. The Morgan fingerprint density at radius 1 is 1.00 bits per heavy atom. The third kappa shape index (κ3) is 2.93. The van der Waals surface area contributed by atoms with E-state index in [2.05, 4.69) is 0 Å². The largest absolute Gasteiger partial charge is 0.462 e. The molecule has 0 amide bonds. The van der Waals surface area contributed by atoms with Gasteiger partial charge in [0.2, 0.25) is 6.29 Å². The lowest BCUT2D eigenvalue weighted by atomic mass is 9.99. The summed E-state index contributed by atoms with van der Waals surface area (Å²) in [7, 11) is 0. The molecule has 0 saturated carbocycles. The predicted molar refractivity (Wildman–Crippen MR) is 66.8 cm³/mol. The number of hydrogen-bond acceptors (Lipinski definition) is 7. The highest BCUT2D eigenvalue weighted by Gasteiger charge is 2.44. The lowest BCUT2D eigenvalue weighted by molar-refractivity contribution is -0.277. The van der Waals surface area contributed by atoms with E-state index in [0.29, 0.717) is 11.3 Å². The second-order valence-corrected chi connectivity index (χ2v) is 4.58. The van der Waals surface area contributed by atoms with Crippen molar-refractivity contribution in [2.24, 2.45) is 0 Å². The normalized spacial score (nSPS) is 34.0. The fraction of sp³-hybridized carbons (Fsp3) is 0.538. The average molecular weight is 286 g/mol. The number of ether oxygens (including phenoxy) is 2. The Bertz CT molecular complexity index is 436. The van der Waals surface area contributed by atoms with Gasteiger partial charge in [-0.25, -0.2) is 0 Å². The summed E-state index contributed by atoms with van der Waals surface area (Å²) in [4.78, 5) is 0. The number of hydrogen-bond donors (Lipinski definition) is 5. The summed E-state index contributed by atoms with van der Waals surface area (Å²) >= 11 is 0. The molecule has 0 aliphatic carbocycles. The van der Waals surface area contributed by atoms with Crippen LogP contribution >= 0.6 is 0 Å². The summed E-state index contributed by atoms with van der Waals surface area (Å²) in [5.74, 6) is 0.291. The highest BCUT2D eigenvalue weighted by molar-refractivity contribution is 5.32. The van der Waals surface area contributed by atoms with Crippen molar-refractivity contribution in [3.63, 3.8) is 0 Å². The average Bonchev–Trinajstić information content (AvgIpc) is 2.48. The predicted octanol–water partition coefficient (Wildman–Crippen LogP) is -1.64. The van der Waals surface area contributed by atoms with E-state index in [4.69, 9.17) is 14.6 Å². The fourth-order valence-electron chi connectivity index (χ4n) is 2.04. The molecule has 0 unspecified atom stereocenters. The molecule has 0 aromatic heterocycles. The van der Waals surface area contributed by atoms with Crippen LogP contribution in [0.3, 0.4) is 0 Å². The second kappa shape index (κ2) is 6.49. The van der Waals surface area contributed by atoms with Gasteiger partial charge in [0, 0.05) is 5.56 Å². The van der Waals surface area contributed by atoms with Gasteiger partial charge in [-0.1, -0.05) is 18.2 Å². The summed E-state index contributed by atoms with van der Waals surface area (Å²) in [5.41, 5.74) is 0.490.